The van der Waals surface area contributed by atoms with Crippen molar-refractivity contribution in [2.75, 3.05) is 6.61 Å². The molecular formula is C25H29NO3. The lowest BCUT2D eigenvalue weighted by Crippen LogP contribution is -2.24. The Morgan fingerprint density at radius 2 is 1.59 bits per heavy atom. The van der Waals surface area contributed by atoms with Crippen molar-refractivity contribution >= 4 is 5.97 Å². The van der Waals surface area contributed by atoms with Crippen LogP contribution in [0.3, 0.4) is 0 Å². The van der Waals surface area contributed by atoms with Gasteiger partial charge in [0, 0.05) is 5.92 Å². The van der Waals surface area contributed by atoms with Crippen molar-refractivity contribution in [2.24, 2.45) is 5.92 Å². The van der Waals surface area contributed by atoms with Crippen LogP contribution < -0.4 is 4.74 Å². The van der Waals surface area contributed by atoms with Gasteiger partial charge in [-0.25, -0.2) is 4.79 Å². The summed E-state index contributed by atoms with van der Waals surface area (Å²) < 4.78 is 11.4. The summed E-state index contributed by atoms with van der Waals surface area (Å²) in [6.45, 7) is 2.93. The first kappa shape index (κ1) is 20.9. The summed E-state index contributed by atoms with van der Waals surface area (Å²) in [5.41, 5.74) is 2.70. The third-order valence-corrected chi connectivity index (χ3v) is 5.46. The molecule has 1 aliphatic rings. The van der Waals surface area contributed by atoms with Gasteiger partial charge in [0.25, 0.3) is 0 Å². The van der Waals surface area contributed by atoms with E-state index in [1.165, 1.54) is 12.8 Å². The molecule has 2 aromatic carbocycles. The van der Waals surface area contributed by atoms with E-state index in [2.05, 4.69) is 13.0 Å². The monoisotopic (exact) mass is 391 g/mol. The molecule has 4 heteroatoms. The molecule has 0 saturated heterocycles. The van der Waals surface area contributed by atoms with E-state index in [4.69, 9.17) is 14.7 Å². The maximum Gasteiger partial charge on any atom is 0.338 e. The van der Waals surface area contributed by atoms with Crippen LogP contribution in [0, 0.1) is 17.2 Å². The minimum absolute atomic E-state index is 0.0725. The van der Waals surface area contributed by atoms with Gasteiger partial charge in [-0.3, -0.25) is 0 Å². The van der Waals surface area contributed by atoms with Crippen molar-refractivity contribution in [1.29, 1.82) is 5.26 Å². The standard InChI is InChI=1S/C25H29NO3/c1-2-3-4-17-28-23-15-11-21(12-16-23)20-7-9-22(10-8-20)25(27)29-24-13-5-19(18-26)6-14-24/h7-12,15-16,19,24H,2-6,13-14,17H2,1H3. The summed E-state index contributed by atoms with van der Waals surface area (Å²) in [6.07, 6.45) is 6.55. The van der Waals surface area contributed by atoms with Crippen molar-refractivity contribution in [3.05, 3.63) is 54.1 Å². The lowest BCUT2D eigenvalue weighted by Gasteiger charge is -2.24. The number of carbonyl (C=O) groups excluding carboxylic acids is 1. The summed E-state index contributed by atoms with van der Waals surface area (Å²) >= 11 is 0. The van der Waals surface area contributed by atoms with E-state index in [0.717, 1.165) is 55.6 Å². The molecule has 0 bridgehead atoms. The first-order valence-corrected chi connectivity index (χ1v) is 10.6. The van der Waals surface area contributed by atoms with E-state index >= 15 is 0 Å². The predicted octanol–water partition coefficient (Wildman–Crippen LogP) is 6.16. The number of carbonyl (C=O) groups is 1. The molecule has 1 aliphatic carbocycles. The summed E-state index contributed by atoms with van der Waals surface area (Å²) in [4.78, 5) is 12.4. The van der Waals surface area contributed by atoms with Gasteiger partial charge in [-0.05, 0) is 67.5 Å². The molecule has 0 aromatic heterocycles. The third kappa shape index (κ3) is 6.09. The molecule has 2 aromatic rings. The molecule has 3 rings (SSSR count). The first-order valence-electron chi connectivity index (χ1n) is 10.6. The third-order valence-electron chi connectivity index (χ3n) is 5.46. The van der Waals surface area contributed by atoms with E-state index in [-0.39, 0.29) is 18.0 Å². The number of ether oxygens (including phenoxy) is 2. The molecule has 0 atom stereocenters. The van der Waals surface area contributed by atoms with Crippen molar-refractivity contribution in [2.45, 2.75) is 58.0 Å². The second-order valence-electron chi connectivity index (χ2n) is 7.67. The maximum absolute atomic E-state index is 12.4. The van der Waals surface area contributed by atoms with E-state index in [1.54, 1.807) is 0 Å². The highest BCUT2D eigenvalue weighted by Crippen LogP contribution is 2.27. The zero-order valence-electron chi connectivity index (χ0n) is 17.1. The number of hydrogen-bond acceptors (Lipinski definition) is 4. The smallest absolute Gasteiger partial charge is 0.338 e. The molecule has 0 spiro atoms. The normalized spacial score (nSPS) is 18.6. The van der Waals surface area contributed by atoms with Gasteiger partial charge in [-0.2, -0.15) is 5.26 Å². The van der Waals surface area contributed by atoms with Crippen LogP contribution in [0.15, 0.2) is 48.5 Å². The maximum atomic E-state index is 12.4. The van der Waals surface area contributed by atoms with Crippen LogP contribution in [0.1, 0.15) is 62.2 Å². The minimum atomic E-state index is -0.284. The van der Waals surface area contributed by atoms with Crippen molar-refractivity contribution in [1.82, 2.24) is 0 Å². The molecule has 0 unspecified atom stereocenters. The molecule has 0 radical (unpaired) electrons. The Labute approximate surface area is 173 Å². The number of rotatable bonds is 8. The molecule has 0 amide bonds. The lowest BCUT2D eigenvalue weighted by molar-refractivity contribution is 0.0187. The Balaban J connectivity index is 1.53. The molecule has 1 fully saturated rings. The van der Waals surface area contributed by atoms with Crippen LogP contribution in [0.25, 0.3) is 11.1 Å². The molecule has 1 saturated carbocycles. The molecule has 0 N–H and O–H groups in total. The van der Waals surface area contributed by atoms with Gasteiger partial charge in [0.15, 0.2) is 0 Å². The average molecular weight is 392 g/mol. The lowest BCUT2D eigenvalue weighted by atomic mass is 9.88. The Morgan fingerprint density at radius 1 is 0.966 bits per heavy atom. The van der Waals surface area contributed by atoms with Crippen molar-refractivity contribution < 1.29 is 14.3 Å². The molecule has 29 heavy (non-hydrogen) atoms. The number of unbranched alkanes of at least 4 members (excludes halogenated alkanes) is 2. The number of esters is 1. The summed E-state index contributed by atoms with van der Waals surface area (Å²) in [5.74, 6) is 0.710. The Hall–Kier alpha value is -2.80. The summed E-state index contributed by atoms with van der Waals surface area (Å²) in [5, 5.41) is 8.97. The molecular weight excluding hydrogens is 362 g/mol. The van der Waals surface area contributed by atoms with E-state index in [9.17, 15) is 4.79 Å². The fourth-order valence-electron chi connectivity index (χ4n) is 3.61. The number of benzene rings is 2. The van der Waals surface area contributed by atoms with Gasteiger partial charge in [0.05, 0.1) is 18.2 Å². The van der Waals surface area contributed by atoms with Crippen LogP contribution in [0.5, 0.6) is 5.75 Å². The van der Waals surface area contributed by atoms with Gasteiger partial charge in [-0.1, -0.05) is 44.0 Å². The van der Waals surface area contributed by atoms with Crippen LogP contribution in [-0.4, -0.2) is 18.7 Å². The average Bonchev–Trinajstić information content (AvgIpc) is 2.78. The topological polar surface area (TPSA) is 59.3 Å². The Bertz CT molecular complexity index is 813. The van der Waals surface area contributed by atoms with Gasteiger partial charge >= 0.3 is 5.97 Å². The van der Waals surface area contributed by atoms with Gasteiger partial charge in [-0.15, -0.1) is 0 Å². The van der Waals surface area contributed by atoms with Gasteiger partial charge in [0.2, 0.25) is 0 Å². The van der Waals surface area contributed by atoms with E-state index < -0.39 is 0 Å². The molecule has 4 nitrogen and oxygen atoms in total. The highest BCUT2D eigenvalue weighted by Gasteiger charge is 2.24. The van der Waals surface area contributed by atoms with E-state index in [0.29, 0.717) is 5.56 Å². The van der Waals surface area contributed by atoms with Crippen LogP contribution in [0.2, 0.25) is 0 Å². The zero-order chi connectivity index (χ0) is 20.5. The highest BCUT2D eigenvalue weighted by atomic mass is 16.5. The predicted molar refractivity (Wildman–Crippen MR) is 114 cm³/mol. The van der Waals surface area contributed by atoms with Gasteiger partial charge < -0.3 is 9.47 Å². The first-order chi connectivity index (χ1) is 14.2. The molecule has 0 heterocycles. The zero-order valence-corrected chi connectivity index (χ0v) is 17.1. The number of hydrogen-bond donors (Lipinski definition) is 0. The summed E-state index contributed by atoms with van der Waals surface area (Å²) in [6, 6.07) is 17.9. The minimum Gasteiger partial charge on any atom is -0.494 e. The quantitative estimate of drug-likeness (QED) is 0.399. The van der Waals surface area contributed by atoms with Crippen molar-refractivity contribution in [3.63, 3.8) is 0 Å². The van der Waals surface area contributed by atoms with E-state index in [1.807, 2.05) is 48.5 Å². The van der Waals surface area contributed by atoms with Crippen LogP contribution in [0.4, 0.5) is 0 Å². The van der Waals surface area contributed by atoms with Gasteiger partial charge in [0.1, 0.15) is 11.9 Å². The Kier molecular flexibility index (Phi) is 7.69. The second kappa shape index (κ2) is 10.7. The second-order valence-corrected chi connectivity index (χ2v) is 7.67. The fourth-order valence-corrected chi connectivity index (χ4v) is 3.61. The number of nitrogens with zero attached hydrogens (tertiary/aromatic N) is 1. The van der Waals surface area contributed by atoms with Crippen LogP contribution >= 0.6 is 0 Å². The van der Waals surface area contributed by atoms with Crippen LogP contribution in [-0.2, 0) is 4.74 Å². The summed E-state index contributed by atoms with van der Waals surface area (Å²) in [7, 11) is 0. The molecule has 0 aliphatic heterocycles. The number of nitriles is 1. The SMILES string of the molecule is CCCCCOc1ccc(-c2ccc(C(=O)OC3CCC(C#N)CC3)cc2)cc1. The largest absolute Gasteiger partial charge is 0.494 e. The Morgan fingerprint density at radius 3 is 2.17 bits per heavy atom. The molecule has 152 valence electrons. The highest BCUT2D eigenvalue weighted by molar-refractivity contribution is 5.90. The van der Waals surface area contributed by atoms with Crippen molar-refractivity contribution in [3.8, 4) is 22.9 Å². The fraction of sp³-hybridized carbons (Fsp3) is 0.440.